The fraction of sp³-hybridized carbons (Fsp3) is 0.286. The third-order valence-electron chi connectivity index (χ3n) is 3.68. The fourth-order valence-electron chi connectivity index (χ4n) is 2.68. The van der Waals surface area contributed by atoms with Crippen molar-refractivity contribution in [3.63, 3.8) is 0 Å². The van der Waals surface area contributed by atoms with Crippen LogP contribution in [-0.2, 0) is 19.1 Å². The zero-order chi connectivity index (χ0) is 17.4. The van der Waals surface area contributed by atoms with Gasteiger partial charge in [-0.2, -0.15) is 0 Å². The molecule has 0 bridgehead atoms. The molecule has 2 heterocycles. The maximum absolute atomic E-state index is 13.0. The van der Waals surface area contributed by atoms with E-state index in [2.05, 4.69) is 10.4 Å². The summed E-state index contributed by atoms with van der Waals surface area (Å²) < 4.78 is 17.8. The van der Waals surface area contributed by atoms with Crippen molar-refractivity contribution in [1.29, 1.82) is 0 Å². The molecule has 1 saturated heterocycles. The number of nitroso groups, excluding NO2 is 1. The maximum atomic E-state index is 13.0. The molecular formula is C14H11FN4O5. The number of rotatable bonds is 4. The number of amides is 2. The van der Waals surface area contributed by atoms with Crippen molar-refractivity contribution in [1.82, 2.24) is 5.12 Å². The highest BCUT2D eigenvalue weighted by Crippen LogP contribution is 2.35. The van der Waals surface area contributed by atoms with Crippen molar-refractivity contribution in [3.8, 4) is 0 Å². The van der Waals surface area contributed by atoms with E-state index in [1.165, 1.54) is 12.1 Å². The largest absolute Gasteiger partial charge is 0.461 e. The fourth-order valence-corrected chi connectivity index (χ4v) is 2.68. The monoisotopic (exact) mass is 334 g/mol. The molecule has 124 valence electrons. The number of esters is 1. The summed E-state index contributed by atoms with van der Waals surface area (Å²) in [6.07, 6.45) is 0. The van der Waals surface area contributed by atoms with E-state index in [0.717, 1.165) is 17.0 Å². The van der Waals surface area contributed by atoms with E-state index in [0.29, 0.717) is 5.12 Å². The van der Waals surface area contributed by atoms with E-state index in [-0.39, 0.29) is 18.0 Å². The summed E-state index contributed by atoms with van der Waals surface area (Å²) in [7, 11) is 0. The molecule has 0 aliphatic carbocycles. The Labute approximate surface area is 134 Å². The zero-order valence-electron chi connectivity index (χ0n) is 12.4. The first kappa shape index (κ1) is 15.7. The van der Waals surface area contributed by atoms with Crippen LogP contribution in [0, 0.1) is 16.6 Å². The number of benzene rings is 1. The topological polar surface area (TPSA) is 109 Å². The van der Waals surface area contributed by atoms with Crippen LogP contribution in [-0.4, -0.2) is 41.3 Å². The molecular weight excluding hydrogens is 323 g/mol. The molecule has 0 spiro atoms. The van der Waals surface area contributed by atoms with Crippen LogP contribution in [0.25, 0.3) is 0 Å². The van der Waals surface area contributed by atoms with Crippen LogP contribution in [0.3, 0.4) is 0 Å². The predicted octanol–water partition coefficient (Wildman–Crippen LogP) is 0.600. The second kappa shape index (κ2) is 5.80. The molecule has 2 amide bonds. The summed E-state index contributed by atoms with van der Waals surface area (Å²) in [5, 5.41) is 6.69. The normalized spacial score (nSPS) is 22.5. The molecule has 1 fully saturated rings. The maximum Gasteiger partial charge on any atom is 0.355 e. The molecule has 0 saturated carbocycles. The lowest BCUT2D eigenvalue weighted by molar-refractivity contribution is -0.136. The molecule has 2 atom stereocenters. The van der Waals surface area contributed by atoms with Crippen molar-refractivity contribution < 1.29 is 23.5 Å². The molecule has 0 radical (unpaired) electrons. The molecule has 0 unspecified atom stereocenters. The average molecular weight is 334 g/mol. The van der Waals surface area contributed by atoms with Crippen LogP contribution in [0.2, 0.25) is 0 Å². The van der Waals surface area contributed by atoms with Gasteiger partial charge in [-0.1, -0.05) is 0 Å². The lowest BCUT2D eigenvalue weighted by Crippen LogP contribution is -2.36. The number of imide groups is 1. The van der Waals surface area contributed by atoms with Crippen LogP contribution in [0.4, 0.5) is 10.1 Å². The van der Waals surface area contributed by atoms with Crippen LogP contribution in [0.5, 0.6) is 0 Å². The van der Waals surface area contributed by atoms with Gasteiger partial charge < -0.3 is 4.74 Å². The minimum Gasteiger partial charge on any atom is -0.461 e. The van der Waals surface area contributed by atoms with Crippen LogP contribution >= 0.6 is 0 Å². The second-order valence-corrected chi connectivity index (χ2v) is 5.02. The summed E-state index contributed by atoms with van der Waals surface area (Å²) in [6, 6.07) is 3.30. The van der Waals surface area contributed by atoms with Gasteiger partial charge in [0.15, 0.2) is 11.8 Å². The average Bonchev–Trinajstić information content (AvgIpc) is 3.07. The van der Waals surface area contributed by atoms with Gasteiger partial charge in [0.25, 0.3) is 5.91 Å². The van der Waals surface area contributed by atoms with Crippen molar-refractivity contribution in [2.45, 2.75) is 13.0 Å². The molecule has 2 aliphatic heterocycles. The summed E-state index contributed by atoms with van der Waals surface area (Å²) in [5.74, 6) is -4.27. The van der Waals surface area contributed by atoms with E-state index in [9.17, 15) is 23.7 Å². The Balaban J connectivity index is 2.00. The van der Waals surface area contributed by atoms with Gasteiger partial charge in [0.05, 0.1) is 17.6 Å². The number of halogens is 1. The molecule has 24 heavy (non-hydrogen) atoms. The number of anilines is 1. The Hall–Kier alpha value is -3.17. The molecule has 10 heteroatoms. The van der Waals surface area contributed by atoms with Gasteiger partial charge in [-0.3, -0.25) is 9.59 Å². The number of hydrogen-bond donors (Lipinski definition) is 0. The Kier molecular flexibility index (Phi) is 3.80. The van der Waals surface area contributed by atoms with E-state index in [4.69, 9.17) is 4.74 Å². The minimum absolute atomic E-state index is 0.0353. The summed E-state index contributed by atoms with van der Waals surface area (Å²) >= 11 is 0. The Morgan fingerprint density at radius 3 is 2.54 bits per heavy atom. The number of hydrazone groups is 1. The number of fused-ring (bicyclic) bond motifs is 1. The Bertz CT molecular complexity index is 763. The number of carbonyl (C=O) groups is 3. The van der Waals surface area contributed by atoms with E-state index < -0.39 is 35.6 Å². The van der Waals surface area contributed by atoms with Crippen LogP contribution < -0.4 is 4.90 Å². The van der Waals surface area contributed by atoms with Gasteiger partial charge in [0.2, 0.25) is 5.91 Å². The number of nitrogens with zero attached hydrogens (tertiary/aromatic N) is 4. The van der Waals surface area contributed by atoms with Gasteiger partial charge in [-0.25, -0.2) is 14.1 Å². The minimum atomic E-state index is -1.35. The van der Waals surface area contributed by atoms with Gasteiger partial charge in [-0.05, 0) is 31.2 Å². The predicted molar refractivity (Wildman–Crippen MR) is 77.9 cm³/mol. The first-order chi connectivity index (χ1) is 11.5. The van der Waals surface area contributed by atoms with Crippen molar-refractivity contribution >= 4 is 29.2 Å². The quantitative estimate of drug-likeness (QED) is 0.453. The highest BCUT2D eigenvalue weighted by atomic mass is 19.1. The van der Waals surface area contributed by atoms with Crippen molar-refractivity contribution in [2.24, 2.45) is 16.3 Å². The van der Waals surface area contributed by atoms with Gasteiger partial charge >= 0.3 is 5.97 Å². The SMILES string of the molecule is CCOC(=O)C1=NN(N=O)[C@H]2C(=O)N(c3ccc(F)cc3)C(=O)[C@H]12. The van der Waals surface area contributed by atoms with E-state index in [1.54, 1.807) is 6.92 Å². The summed E-state index contributed by atoms with van der Waals surface area (Å²) in [5.41, 5.74) is -0.237. The second-order valence-electron chi connectivity index (χ2n) is 5.02. The van der Waals surface area contributed by atoms with Crippen LogP contribution in [0.15, 0.2) is 34.7 Å². The number of carbonyl (C=O) groups excluding carboxylic acids is 3. The molecule has 1 aromatic rings. The molecule has 0 aromatic heterocycles. The van der Waals surface area contributed by atoms with Crippen molar-refractivity contribution in [3.05, 3.63) is 35.0 Å². The van der Waals surface area contributed by atoms with E-state index in [1.807, 2.05) is 0 Å². The molecule has 3 rings (SSSR count). The summed E-state index contributed by atoms with van der Waals surface area (Å²) in [4.78, 5) is 48.8. The highest BCUT2D eigenvalue weighted by Gasteiger charge is 2.59. The van der Waals surface area contributed by atoms with Gasteiger partial charge in [0, 0.05) is 0 Å². The standard InChI is InChI=1S/C14H11FN4O5/c1-2-24-14(22)10-9-11(19(16-10)17-23)13(21)18(12(9)20)8-5-3-7(15)4-6-8/h3-6,9,11H,2H2,1H3/t9-,11-/m1/s1. The molecule has 2 aliphatic rings. The van der Waals surface area contributed by atoms with E-state index >= 15 is 0 Å². The van der Waals surface area contributed by atoms with Crippen LogP contribution in [0.1, 0.15) is 6.92 Å². The third-order valence-corrected chi connectivity index (χ3v) is 3.68. The summed E-state index contributed by atoms with van der Waals surface area (Å²) in [6.45, 7) is 1.60. The number of ether oxygens (including phenoxy) is 1. The third kappa shape index (κ3) is 2.23. The molecule has 9 nitrogen and oxygen atoms in total. The highest BCUT2D eigenvalue weighted by molar-refractivity contribution is 6.46. The first-order valence-corrected chi connectivity index (χ1v) is 7.01. The van der Waals surface area contributed by atoms with Crippen molar-refractivity contribution in [2.75, 3.05) is 11.5 Å². The number of hydrogen-bond acceptors (Lipinski definition) is 7. The Morgan fingerprint density at radius 1 is 1.29 bits per heavy atom. The Morgan fingerprint density at radius 2 is 1.96 bits per heavy atom. The zero-order valence-corrected chi connectivity index (χ0v) is 12.4. The molecule has 1 aromatic carbocycles. The smallest absolute Gasteiger partial charge is 0.355 e. The lowest BCUT2D eigenvalue weighted by atomic mass is 9.98. The first-order valence-electron chi connectivity index (χ1n) is 7.01. The lowest BCUT2D eigenvalue weighted by Gasteiger charge is -2.16. The van der Waals surface area contributed by atoms with Gasteiger partial charge in [0.1, 0.15) is 11.7 Å². The van der Waals surface area contributed by atoms with Gasteiger partial charge in [-0.15, -0.1) is 15.1 Å². The molecule has 0 N–H and O–H groups in total.